The normalized spacial score (nSPS) is 21.8. The predicted molar refractivity (Wildman–Crippen MR) is 96.2 cm³/mol. The first-order valence-corrected chi connectivity index (χ1v) is 9.40. The Balaban J connectivity index is 1.80. The number of amides is 2. The molecule has 0 spiro atoms. The van der Waals surface area contributed by atoms with Crippen LogP contribution in [0.4, 0.5) is 0 Å². The fourth-order valence-corrected chi connectivity index (χ4v) is 3.83. The number of rotatable bonds is 4. The number of methoxy groups -OCH3 is 1. The summed E-state index contributed by atoms with van der Waals surface area (Å²) in [5.74, 6) is 1.01. The molecule has 0 aliphatic carbocycles. The monoisotopic (exact) mass is 344 g/mol. The van der Waals surface area contributed by atoms with Crippen molar-refractivity contribution in [2.45, 2.75) is 57.5 Å². The number of ether oxygens (including phenoxy) is 1. The number of hydrogen-bond acceptors (Lipinski definition) is 3. The summed E-state index contributed by atoms with van der Waals surface area (Å²) in [6.45, 7) is 2.13. The second kappa shape index (κ2) is 8.37. The summed E-state index contributed by atoms with van der Waals surface area (Å²) in [5, 5.41) is 0. The van der Waals surface area contributed by atoms with Crippen LogP contribution < -0.4 is 4.74 Å². The van der Waals surface area contributed by atoms with Crippen LogP contribution in [-0.2, 0) is 16.1 Å². The van der Waals surface area contributed by atoms with Crippen molar-refractivity contribution in [2.24, 2.45) is 0 Å². The molecule has 1 aromatic rings. The molecule has 2 heterocycles. The first-order chi connectivity index (χ1) is 12.2. The van der Waals surface area contributed by atoms with Gasteiger partial charge in [0.15, 0.2) is 0 Å². The minimum atomic E-state index is -0.320. The SMILES string of the molecule is COc1cccc(CN2C(=O)CCCC[C@H]2C(=O)N2CCCCC2)c1. The average Bonchev–Trinajstić information content (AvgIpc) is 2.84. The Kier molecular flexibility index (Phi) is 5.95. The molecule has 1 atom stereocenters. The van der Waals surface area contributed by atoms with Gasteiger partial charge in [0.05, 0.1) is 7.11 Å². The predicted octanol–water partition coefficient (Wildman–Crippen LogP) is 2.98. The highest BCUT2D eigenvalue weighted by atomic mass is 16.5. The molecule has 0 radical (unpaired) electrons. The Bertz CT molecular complexity index is 611. The second-order valence-corrected chi connectivity index (χ2v) is 7.02. The molecule has 0 aromatic heterocycles. The molecule has 0 unspecified atom stereocenters. The zero-order chi connectivity index (χ0) is 17.6. The number of benzene rings is 1. The maximum Gasteiger partial charge on any atom is 0.245 e. The summed E-state index contributed by atoms with van der Waals surface area (Å²) < 4.78 is 5.29. The summed E-state index contributed by atoms with van der Waals surface area (Å²) in [4.78, 5) is 29.5. The lowest BCUT2D eigenvalue weighted by molar-refractivity contribution is -0.146. The van der Waals surface area contributed by atoms with Gasteiger partial charge in [-0.05, 0) is 49.8 Å². The van der Waals surface area contributed by atoms with E-state index in [-0.39, 0.29) is 17.9 Å². The van der Waals surface area contributed by atoms with Gasteiger partial charge in [-0.1, -0.05) is 18.6 Å². The molecule has 2 amide bonds. The van der Waals surface area contributed by atoms with E-state index in [4.69, 9.17) is 4.74 Å². The lowest BCUT2D eigenvalue weighted by Crippen LogP contribution is -2.51. The molecule has 2 saturated heterocycles. The number of carbonyl (C=O) groups is 2. The van der Waals surface area contributed by atoms with Crippen LogP contribution in [0.15, 0.2) is 24.3 Å². The van der Waals surface area contributed by atoms with Crippen molar-refractivity contribution in [1.29, 1.82) is 0 Å². The number of likely N-dealkylation sites (tertiary alicyclic amines) is 2. The fraction of sp³-hybridized carbons (Fsp3) is 0.600. The maximum absolute atomic E-state index is 13.1. The minimum absolute atomic E-state index is 0.0932. The van der Waals surface area contributed by atoms with Crippen LogP contribution in [0.5, 0.6) is 5.75 Å². The maximum atomic E-state index is 13.1. The van der Waals surface area contributed by atoms with Crippen LogP contribution in [0.2, 0.25) is 0 Å². The molecule has 3 rings (SSSR count). The molecule has 1 aromatic carbocycles. The molecule has 2 fully saturated rings. The van der Waals surface area contributed by atoms with Gasteiger partial charge in [-0.15, -0.1) is 0 Å². The zero-order valence-electron chi connectivity index (χ0n) is 15.1. The Morgan fingerprint density at radius 3 is 2.72 bits per heavy atom. The van der Waals surface area contributed by atoms with Crippen LogP contribution in [0, 0.1) is 0 Å². The number of carbonyl (C=O) groups excluding carboxylic acids is 2. The first kappa shape index (κ1) is 17.8. The highest BCUT2D eigenvalue weighted by Gasteiger charge is 2.34. The topological polar surface area (TPSA) is 49.9 Å². The number of nitrogens with zero attached hydrogens (tertiary/aromatic N) is 2. The molecule has 0 N–H and O–H groups in total. The van der Waals surface area contributed by atoms with E-state index in [0.29, 0.717) is 13.0 Å². The van der Waals surface area contributed by atoms with E-state index in [0.717, 1.165) is 56.5 Å². The molecule has 5 nitrogen and oxygen atoms in total. The lowest BCUT2D eigenvalue weighted by Gasteiger charge is -2.35. The molecule has 2 aliphatic rings. The molecule has 0 bridgehead atoms. The van der Waals surface area contributed by atoms with Crippen molar-refractivity contribution in [1.82, 2.24) is 9.80 Å². The molecular formula is C20H28N2O3. The van der Waals surface area contributed by atoms with Crippen molar-refractivity contribution >= 4 is 11.8 Å². The van der Waals surface area contributed by atoms with E-state index < -0.39 is 0 Å². The van der Waals surface area contributed by atoms with Crippen LogP contribution in [0.1, 0.15) is 50.5 Å². The Labute approximate surface area is 149 Å². The van der Waals surface area contributed by atoms with Crippen molar-refractivity contribution in [3.63, 3.8) is 0 Å². The highest BCUT2D eigenvalue weighted by Crippen LogP contribution is 2.24. The Morgan fingerprint density at radius 2 is 1.96 bits per heavy atom. The van der Waals surface area contributed by atoms with E-state index in [2.05, 4.69) is 0 Å². The molecular weight excluding hydrogens is 316 g/mol. The quantitative estimate of drug-likeness (QED) is 0.844. The largest absolute Gasteiger partial charge is 0.497 e. The van der Waals surface area contributed by atoms with Gasteiger partial charge in [-0.3, -0.25) is 9.59 Å². The van der Waals surface area contributed by atoms with Crippen LogP contribution in [0.3, 0.4) is 0 Å². The van der Waals surface area contributed by atoms with Gasteiger partial charge in [0, 0.05) is 26.1 Å². The van der Waals surface area contributed by atoms with E-state index in [1.807, 2.05) is 29.2 Å². The molecule has 25 heavy (non-hydrogen) atoms. The third-order valence-corrected chi connectivity index (χ3v) is 5.25. The number of piperidine rings is 1. The van der Waals surface area contributed by atoms with Gasteiger partial charge in [0.2, 0.25) is 11.8 Å². The van der Waals surface area contributed by atoms with Gasteiger partial charge in [0.1, 0.15) is 11.8 Å². The van der Waals surface area contributed by atoms with Gasteiger partial charge >= 0.3 is 0 Å². The van der Waals surface area contributed by atoms with E-state index in [1.54, 1.807) is 12.0 Å². The van der Waals surface area contributed by atoms with Gasteiger partial charge in [-0.2, -0.15) is 0 Å². The highest BCUT2D eigenvalue weighted by molar-refractivity contribution is 5.88. The summed E-state index contributed by atoms with van der Waals surface area (Å²) in [6, 6.07) is 7.44. The van der Waals surface area contributed by atoms with Crippen LogP contribution >= 0.6 is 0 Å². The molecule has 136 valence electrons. The van der Waals surface area contributed by atoms with Crippen molar-refractivity contribution in [3.05, 3.63) is 29.8 Å². The van der Waals surface area contributed by atoms with E-state index in [9.17, 15) is 9.59 Å². The standard InChI is InChI=1S/C20H28N2O3/c1-25-17-9-7-8-16(14-17)15-22-18(10-3-4-11-19(22)23)20(24)21-12-5-2-6-13-21/h7-9,14,18H,2-6,10-13,15H2,1H3/t18-/m0/s1. The Hall–Kier alpha value is -2.04. The third kappa shape index (κ3) is 4.33. The van der Waals surface area contributed by atoms with Gasteiger partial charge < -0.3 is 14.5 Å². The van der Waals surface area contributed by atoms with Crippen LogP contribution in [-0.4, -0.2) is 47.9 Å². The average molecular weight is 344 g/mol. The Morgan fingerprint density at radius 1 is 1.16 bits per heavy atom. The minimum Gasteiger partial charge on any atom is -0.497 e. The van der Waals surface area contributed by atoms with Crippen molar-refractivity contribution in [2.75, 3.05) is 20.2 Å². The van der Waals surface area contributed by atoms with Crippen molar-refractivity contribution < 1.29 is 14.3 Å². The number of hydrogen-bond donors (Lipinski definition) is 0. The molecule has 2 aliphatic heterocycles. The van der Waals surface area contributed by atoms with E-state index in [1.165, 1.54) is 6.42 Å². The summed E-state index contributed by atoms with van der Waals surface area (Å²) in [6.07, 6.45) is 6.45. The van der Waals surface area contributed by atoms with Gasteiger partial charge in [-0.25, -0.2) is 0 Å². The smallest absolute Gasteiger partial charge is 0.245 e. The third-order valence-electron chi connectivity index (χ3n) is 5.25. The second-order valence-electron chi connectivity index (χ2n) is 7.02. The first-order valence-electron chi connectivity index (χ1n) is 9.40. The van der Waals surface area contributed by atoms with Crippen molar-refractivity contribution in [3.8, 4) is 5.75 Å². The van der Waals surface area contributed by atoms with E-state index >= 15 is 0 Å². The van der Waals surface area contributed by atoms with Crippen LogP contribution in [0.25, 0.3) is 0 Å². The fourth-order valence-electron chi connectivity index (χ4n) is 3.83. The summed E-state index contributed by atoms with van der Waals surface area (Å²) in [5.41, 5.74) is 1.01. The lowest BCUT2D eigenvalue weighted by atomic mass is 10.0. The zero-order valence-corrected chi connectivity index (χ0v) is 15.1. The van der Waals surface area contributed by atoms with Gasteiger partial charge in [0.25, 0.3) is 0 Å². The summed E-state index contributed by atoms with van der Waals surface area (Å²) in [7, 11) is 1.64. The molecule has 0 saturated carbocycles. The molecule has 5 heteroatoms. The summed E-state index contributed by atoms with van der Waals surface area (Å²) >= 11 is 0.